The van der Waals surface area contributed by atoms with Gasteiger partial charge < -0.3 is 25.0 Å². The molecule has 0 amide bonds. The quantitative estimate of drug-likeness (QED) is 0.533. The molecule has 194 valence electrons. The number of benzene rings is 1. The van der Waals surface area contributed by atoms with Gasteiger partial charge in [0.1, 0.15) is 5.00 Å². The molecule has 7 nitrogen and oxygen atoms in total. The Kier molecular flexibility index (Phi) is 6.52. The molecule has 1 aromatic carbocycles. The zero-order valence-corrected chi connectivity index (χ0v) is 22.4. The van der Waals surface area contributed by atoms with Crippen LogP contribution in [0.25, 0.3) is 22.4 Å². The SMILES string of the molecule is CC1(C)CC(=O)c2sc(N3CCOCC3)c(-c3ccnc(-c4cccc(N5CCOCC5)c4)c3)c2[C@H]1N. The first-order valence-corrected chi connectivity index (χ1v) is 13.9. The maximum absolute atomic E-state index is 13.3. The molecule has 2 fully saturated rings. The Balaban J connectivity index is 1.46. The van der Waals surface area contributed by atoms with Crippen LogP contribution in [-0.2, 0) is 9.47 Å². The lowest BCUT2D eigenvalue weighted by molar-refractivity contribution is 0.0891. The summed E-state index contributed by atoms with van der Waals surface area (Å²) in [6, 6.07) is 12.6. The lowest BCUT2D eigenvalue weighted by Crippen LogP contribution is -2.37. The number of ketones is 1. The van der Waals surface area contributed by atoms with Crippen LogP contribution >= 0.6 is 11.3 Å². The summed E-state index contributed by atoms with van der Waals surface area (Å²) in [6.07, 6.45) is 2.35. The summed E-state index contributed by atoms with van der Waals surface area (Å²) < 4.78 is 11.2. The number of aromatic nitrogens is 1. The largest absolute Gasteiger partial charge is 0.378 e. The molecule has 2 aliphatic heterocycles. The smallest absolute Gasteiger partial charge is 0.173 e. The highest BCUT2D eigenvalue weighted by molar-refractivity contribution is 7.19. The summed E-state index contributed by atoms with van der Waals surface area (Å²) in [5.41, 5.74) is 12.9. The Morgan fingerprint density at radius 3 is 2.41 bits per heavy atom. The molecule has 37 heavy (non-hydrogen) atoms. The molecule has 2 aromatic heterocycles. The van der Waals surface area contributed by atoms with E-state index in [0.29, 0.717) is 19.6 Å². The number of rotatable bonds is 4. The molecular formula is C29H34N4O3S. The van der Waals surface area contributed by atoms with Crippen molar-refractivity contribution in [2.45, 2.75) is 26.3 Å². The maximum atomic E-state index is 13.3. The highest BCUT2D eigenvalue weighted by Crippen LogP contribution is 2.53. The number of carbonyl (C=O) groups is 1. The molecule has 0 radical (unpaired) electrons. The van der Waals surface area contributed by atoms with E-state index in [9.17, 15) is 4.79 Å². The molecule has 2 saturated heterocycles. The van der Waals surface area contributed by atoms with Crippen LogP contribution in [0, 0.1) is 5.41 Å². The molecule has 0 bridgehead atoms. The summed E-state index contributed by atoms with van der Waals surface area (Å²) in [5, 5.41) is 1.12. The Hall–Kier alpha value is -2.78. The van der Waals surface area contributed by atoms with Gasteiger partial charge in [0, 0.05) is 67.2 Å². The minimum atomic E-state index is -0.301. The van der Waals surface area contributed by atoms with Gasteiger partial charge in [-0.3, -0.25) is 9.78 Å². The van der Waals surface area contributed by atoms with E-state index in [1.54, 1.807) is 11.3 Å². The molecule has 0 saturated carbocycles. The summed E-state index contributed by atoms with van der Waals surface area (Å²) >= 11 is 1.60. The third-order valence-corrected chi connectivity index (χ3v) is 9.12. The molecule has 0 spiro atoms. The number of fused-ring (bicyclic) bond motifs is 1. The van der Waals surface area contributed by atoms with Crippen molar-refractivity contribution in [3.63, 3.8) is 0 Å². The fraction of sp³-hybridized carbons (Fsp3) is 0.448. The highest BCUT2D eigenvalue weighted by atomic mass is 32.1. The van der Waals surface area contributed by atoms with Crippen molar-refractivity contribution in [2.24, 2.45) is 11.1 Å². The lowest BCUT2D eigenvalue weighted by Gasteiger charge is -2.36. The molecular weight excluding hydrogens is 484 g/mol. The molecule has 1 atom stereocenters. The van der Waals surface area contributed by atoms with E-state index in [1.165, 1.54) is 5.69 Å². The van der Waals surface area contributed by atoms with Gasteiger partial charge in [-0.15, -0.1) is 11.3 Å². The van der Waals surface area contributed by atoms with E-state index < -0.39 is 0 Å². The van der Waals surface area contributed by atoms with Gasteiger partial charge in [0.05, 0.1) is 37.0 Å². The summed E-state index contributed by atoms with van der Waals surface area (Å²) in [5.74, 6) is 0.194. The van der Waals surface area contributed by atoms with E-state index in [-0.39, 0.29) is 17.2 Å². The number of carbonyl (C=O) groups excluding carboxylic acids is 1. The second-order valence-corrected chi connectivity index (χ2v) is 11.8. The zero-order valence-electron chi connectivity index (χ0n) is 21.5. The molecule has 3 aliphatic rings. The van der Waals surface area contributed by atoms with Crippen molar-refractivity contribution in [3.8, 4) is 22.4 Å². The summed E-state index contributed by atoms with van der Waals surface area (Å²) in [7, 11) is 0. The first kappa shape index (κ1) is 24.6. The van der Waals surface area contributed by atoms with Crippen molar-refractivity contribution in [2.75, 3.05) is 62.4 Å². The third-order valence-electron chi connectivity index (χ3n) is 7.81. The molecule has 6 rings (SSSR count). The number of pyridine rings is 1. The molecule has 4 heterocycles. The number of Topliss-reactive ketones (excluding diaryl/α,β-unsaturated/α-hetero) is 1. The molecule has 8 heteroatoms. The number of thiophene rings is 1. The second kappa shape index (κ2) is 9.83. The topological polar surface area (TPSA) is 80.9 Å². The Bertz CT molecular complexity index is 1310. The first-order valence-electron chi connectivity index (χ1n) is 13.1. The van der Waals surface area contributed by atoms with Crippen LogP contribution in [0.15, 0.2) is 42.6 Å². The van der Waals surface area contributed by atoms with Gasteiger partial charge >= 0.3 is 0 Å². The van der Waals surface area contributed by atoms with Gasteiger partial charge in [0.25, 0.3) is 0 Å². The number of anilines is 2. The number of nitrogens with two attached hydrogens (primary N) is 1. The van der Waals surface area contributed by atoms with Gasteiger partial charge in [-0.2, -0.15) is 0 Å². The van der Waals surface area contributed by atoms with Crippen molar-refractivity contribution in [1.82, 2.24) is 4.98 Å². The maximum Gasteiger partial charge on any atom is 0.173 e. The van der Waals surface area contributed by atoms with Crippen LogP contribution in [0.5, 0.6) is 0 Å². The van der Waals surface area contributed by atoms with Crippen LogP contribution in [0.2, 0.25) is 0 Å². The normalized spacial score (nSPS) is 21.7. The lowest BCUT2D eigenvalue weighted by atomic mass is 9.71. The van der Waals surface area contributed by atoms with Gasteiger partial charge in [0.2, 0.25) is 0 Å². The van der Waals surface area contributed by atoms with Gasteiger partial charge in [-0.25, -0.2) is 0 Å². The number of nitrogens with zero attached hydrogens (tertiary/aromatic N) is 3. The van der Waals surface area contributed by atoms with Gasteiger partial charge in [0.15, 0.2) is 5.78 Å². The molecule has 3 aromatic rings. The predicted octanol–water partition coefficient (Wildman–Crippen LogP) is 4.76. The highest BCUT2D eigenvalue weighted by Gasteiger charge is 2.42. The average Bonchev–Trinajstić information content (AvgIpc) is 3.34. The number of hydrogen-bond donors (Lipinski definition) is 1. The van der Waals surface area contributed by atoms with Crippen molar-refractivity contribution >= 4 is 27.8 Å². The first-order chi connectivity index (χ1) is 17.9. The Labute approximate surface area is 222 Å². The van der Waals surface area contributed by atoms with E-state index >= 15 is 0 Å². The van der Waals surface area contributed by atoms with E-state index in [1.807, 2.05) is 6.20 Å². The van der Waals surface area contributed by atoms with Crippen LogP contribution in [0.1, 0.15) is 41.5 Å². The Morgan fingerprint density at radius 1 is 0.973 bits per heavy atom. The van der Waals surface area contributed by atoms with Crippen molar-refractivity contribution in [3.05, 3.63) is 53.0 Å². The fourth-order valence-corrected chi connectivity index (χ4v) is 6.99. The van der Waals surface area contributed by atoms with Crippen molar-refractivity contribution < 1.29 is 14.3 Å². The third kappa shape index (κ3) is 4.56. The fourth-order valence-electron chi connectivity index (χ4n) is 5.63. The minimum absolute atomic E-state index is 0.194. The van der Waals surface area contributed by atoms with E-state index in [0.717, 1.165) is 77.2 Å². The standard InChI is InChI=1S/C29H34N4O3S/c1-29(2)18-23(34)26-25(27(29)30)24(28(37-26)33-10-14-36-15-11-33)20-6-7-31-22(17-20)19-4-3-5-21(16-19)32-8-12-35-13-9-32/h3-7,16-17,27H,8-15,18,30H2,1-2H3/t27-/m1/s1. The summed E-state index contributed by atoms with van der Waals surface area (Å²) in [6.45, 7) is 10.5. The monoisotopic (exact) mass is 518 g/mol. The second-order valence-electron chi connectivity index (χ2n) is 10.8. The summed E-state index contributed by atoms with van der Waals surface area (Å²) in [4.78, 5) is 23.6. The van der Waals surface area contributed by atoms with E-state index in [4.69, 9.17) is 20.2 Å². The van der Waals surface area contributed by atoms with Crippen molar-refractivity contribution in [1.29, 1.82) is 0 Å². The molecule has 1 aliphatic carbocycles. The molecule has 0 unspecified atom stereocenters. The zero-order chi connectivity index (χ0) is 25.6. The number of hydrogen-bond acceptors (Lipinski definition) is 8. The van der Waals surface area contributed by atoms with Gasteiger partial charge in [-0.1, -0.05) is 26.0 Å². The van der Waals surface area contributed by atoms with E-state index in [2.05, 4.69) is 60.0 Å². The van der Waals surface area contributed by atoms with Gasteiger partial charge in [-0.05, 0) is 35.2 Å². The van der Waals surface area contributed by atoms with Crippen LogP contribution in [-0.4, -0.2) is 63.4 Å². The Morgan fingerprint density at radius 2 is 1.68 bits per heavy atom. The molecule has 2 N–H and O–H groups in total. The predicted molar refractivity (Wildman–Crippen MR) is 149 cm³/mol. The number of ether oxygens (including phenoxy) is 2. The van der Waals surface area contributed by atoms with Crippen LogP contribution in [0.4, 0.5) is 10.7 Å². The average molecular weight is 519 g/mol. The van der Waals surface area contributed by atoms with Crippen LogP contribution < -0.4 is 15.5 Å². The number of morpholine rings is 2. The van der Waals surface area contributed by atoms with Crippen LogP contribution in [0.3, 0.4) is 0 Å². The minimum Gasteiger partial charge on any atom is -0.378 e.